The Morgan fingerprint density at radius 2 is 2.00 bits per heavy atom. The first-order valence-corrected chi connectivity index (χ1v) is 9.53. The van der Waals surface area contributed by atoms with Gasteiger partial charge >= 0.3 is 0 Å². The van der Waals surface area contributed by atoms with E-state index in [1.807, 2.05) is 24.3 Å². The summed E-state index contributed by atoms with van der Waals surface area (Å²) in [6.07, 6.45) is 6.86. The van der Waals surface area contributed by atoms with E-state index in [0.29, 0.717) is 25.3 Å². The number of methoxy groups -OCH3 is 1. The van der Waals surface area contributed by atoms with Crippen molar-refractivity contribution in [2.75, 3.05) is 33.9 Å². The van der Waals surface area contributed by atoms with E-state index in [1.54, 1.807) is 32.5 Å². The second-order valence-electron chi connectivity index (χ2n) is 6.86. The lowest BCUT2D eigenvalue weighted by atomic mass is 9.83. The quantitative estimate of drug-likeness (QED) is 0.539. The van der Waals surface area contributed by atoms with Gasteiger partial charge in [0, 0.05) is 33.5 Å². The fraction of sp³-hybridized carbons (Fsp3) is 0.455. The zero-order chi connectivity index (χ0) is 21.1. The van der Waals surface area contributed by atoms with Gasteiger partial charge in [0.25, 0.3) is 0 Å². The molecule has 2 rings (SSSR count). The minimum absolute atomic E-state index is 0.249. The third-order valence-electron chi connectivity index (χ3n) is 4.94. The summed E-state index contributed by atoms with van der Waals surface area (Å²) in [6.45, 7) is 2.79. The Balaban J connectivity index is 2.06. The van der Waals surface area contributed by atoms with Crippen LogP contribution in [0.2, 0.25) is 0 Å². The topological polar surface area (TPSA) is 84.8 Å². The van der Waals surface area contributed by atoms with E-state index in [9.17, 15) is 14.9 Å². The first kappa shape index (κ1) is 22.4. The normalized spacial score (nSPS) is 18.4. The van der Waals surface area contributed by atoms with Crippen LogP contribution >= 0.6 is 0 Å². The Hall–Kier alpha value is -2.87. The van der Waals surface area contributed by atoms with Crippen molar-refractivity contribution >= 4 is 11.9 Å². The minimum Gasteiger partial charge on any atom is -0.383 e. The van der Waals surface area contributed by atoms with E-state index in [-0.39, 0.29) is 5.82 Å². The summed E-state index contributed by atoms with van der Waals surface area (Å²) in [4.78, 5) is 11.0. The summed E-state index contributed by atoms with van der Waals surface area (Å²) >= 11 is 0. The Morgan fingerprint density at radius 1 is 1.28 bits per heavy atom. The summed E-state index contributed by atoms with van der Waals surface area (Å²) in [5.74, 6) is -1.18. The molecule has 0 amide bonds. The second kappa shape index (κ2) is 11.2. The van der Waals surface area contributed by atoms with Crippen molar-refractivity contribution in [3.8, 4) is 12.1 Å². The fourth-order valence-corrected chi connectivity index (χ4v) is 3.48. The lowest BCUT2D eigenvalue weighted by Crippen LogP contribution is -2.39. The van der Waals surface area contributed by atoms with Crippen molar-refractivity contribution in [3.63, 3.8) is 0 Å². The molecule has 0 radical (unpaired) electrons. The zero-order valence-electron chi connectivity index (χ0n) is 16.9. The monoisotopic (exact) mass is 395 g/mol. The van der Waals surface area contributed by atoms with Gasteiger partial charge in [-0.15, -0.1) is 0 Å². The van der Waals surface area contributed by atoms with Crippen LogP contribution < -0.4 is 0 Å². The molecule has 1 heterocycles. The molecule has 0 bridgehead atoms. The van der Waals surface area contributed by atoms with Crippen molar-refractivity contribution in [3.05, 3.63) is 47.8 Å². The standard InChI is InChI=1S/C22H26FN5O/c1-26-21(19(15-24)16-25)22(9-3-11-27-22)10-4-12-28(13-14-29-2)17-18-5-7-20(23)8-6-18/h3,5-9,11,19H,4,10,12-14,17H2,1-2H3. The number of hydrogen-bond acceptors (Lipinski definition) is 6. The van der Waals surface area contributed by atoms with Crippen LogP contribution in [0.4, 0.5) is 4.39 Å². The Morgan fingerprint density at radius 3 is 2.55 bits per heavy atom. The van der Waals surface area contributed by atoms with Gasteiger partial charge in [0.2, 0.25) is 0 Å². The molecular weight excluding hydrogens is 369 g/mol. The van der Waals surface area contributed by atoms with Crippen LogP contribution in [0, 0.1) is 34.4 Å². The van der Waals surface area contributed by atoms with Crippen molar-refractivity contribution < 1.29 is 9.13 Å². The molecule has 1 aliphatic rings. The van der Waals surface area contributed by atoms with Crippen molar-refractivity contribution in [2.24, 2.45) is 15.9 Å². The highest BCUT2D eigenvalue weighted by Gasteiger charge is 2.38. The van der Waals surface area contributed by atoms with Crippen LogP contribution in [-0.2, 0) is 11.3 Å². The first-order valence-electron chi connectivity index (χ1n) is 9.53. The molecule has 7 heteroatoms. The van der Waals surface area contributed by atoms with Gasteiger partial charge in [-0.25, -0.2) is 4.39 Å². The molecule has 1 aromatic rings. The van der Waals surface area contributed by atoms with Crippen LogP contribution in [0.3, 0.4) is 0 Å². The average Bonchev–Trinajstić information content (AvgIpc) is 3.21. The maximum atomic E-state index is 13.2. The van der Waals surface area contributed by atoms with Crippen LogP contribution in [0.15, 0.2) is 46.4 Å². The number of aliphatic imine (C=N–C) groups is 2. The largest absolute Gasteiger partial charge is 0.383 e. The van der Waals surface area contributed by atoms with Gasteiger partial charge < -0.3 is 4.74 Å². The highest BCUT2D eigenvalue weighted by atomic mass is 19.1. The highest BCUT2D eigenvalue weighted by Crippen LogP contribution is 2.29. The average molecular weight is 395 g/mol. The van der Waals surface area contributed by atoms with Crippen LogP contribution in [0.25, 0.3) is 0 Å². The van der Waals surface area contributed by atoms with Gasteiger partial charge in [-0.2, -0.15) is 10.5 Å². The van der Waals surface area contributed by atoms with Crippen LogP contribution in [-0.4, -0.2) is 56.2 Å². The van der Waals surface area contributed by atoms with Gasteiger partial charge in [0.05, 0.1) is 24.5 Å². The zero-order valence-corrected chi connectivity index (χ0v) is 16.9. The van der Waals surface area contributed by atoms with Crippen molar-refractivity contribution in [2.45, 2.75) is 24.9 Å². The molecular formula is C22H26FN5O. The Kier molecular flexibility index (Phi) is 8.67. The number of halogens is 1. The molecule has 0 N–H and O–H groups in total. The maximum Gasteiger partial charge on any atom is 0.173 e. The van der Waals surface area contributed by atoms with E-state index in [0.717, 1.165) is 25.1 Å². The van der Waals surface area contributed by atoms with Crippen LogP contribution in [0.5, 0.6) is 0 Å². The second-order valence-corrected chi connectivity index (χ2v) is 6.86. The molecule has 1 aliphatic heterocycles. The van der Waals surface area contributed by atoms with E-state index >= 15 is 0 Å². The number of ether oxygens (including phenoxy) is 1. The number of nitriles is 2. The molecule has 152 valence electrons. The number of hydrogen-bond donors (Lipinski definition) is 0. The van der Waals surface area contributed by atoms with Gasteiger partial charge in [0.1, 0.15) is 11.4 Å². The third-order valence-corrected chi connectivity index (χ3v) is 4.94. The number of allylic oxidation sites excluding steroid dienone is 1. The summed E-state index contributed by atoms with van der Waals surface area (Å²) in [5.41, 5.74) is 0.767. The molecule has 0 aliphatic carbocycles. The fourth-order valence-electron chi connectivity index (χ4n) is 3.48. The minimum atomic E-state index is -0.927. The summed E-state index contributed by atoms with van der Waals surface area (Å²) in [6, 6.07) is 10.5. The number of rotatable bonds is 11. The smallest absolute Gasteiger partial charge is 0.173 e. The first-order chi connectivity index (χ1) is 14.1. The molecule has 1 unspecified atom stereocenters. The van der Waals surface area contributed by atoms with Crippen molar-refractivity contribution in [1.29, 1.82) is 10.5 Å². The molecule has 0 saturated heterocycles. The molecule has 29 heavy (non-hydrogen) atoms. The highest BCUT2D eigenvalue weighted by molar-refractivity contribution is 6.03. The van der Waals surface area contributed by atoms with E-state index in [2.05, 4.69) is 14.9 Å². The predicted octanol–water partition coefficient (Wildman–Crippen LogP) is 3.17. The third kappa shape index (κ3) is 6.05. The van der Waals surface area contributed by atoms with Gasteiger partial charge in [-0.05, 0) is 49.2 Å². The Labute approximate surface area is 171 Å². The lowest BCUT2D eigenvalue weighted by molar-refractivity contribution is 0.142. The molecule has 0 aromatic heterocycles. The van der Waals surface area contributed by atoms with Crippen molar-refractivity contribution in [1.82, 2.24) is 4.90 Å². The summed E-state index contributed by atoms with van der Waals surface area (Å²) in [7, 11) is 3.26. The summed E-state index contributed by atoms with van der Waals surface area (Å²) < 4.78 is 18.4. The van der Waals surface area contributed by atoms with E-state index in [1.165, 1.54) is 12.1 Å². The van der Waals surface area contributed by atoms with Gasteiger partial charge in [-0.1, -0.05) is 12.1 Å². The van der Waals surface area contributed by atoms with E-state index in [4.69, 9.17) is 4.74 Å². The molecule has 1 aromatic carbocycles. The van der Waals surface area contributed by atoms with E-state index < -0.39 is 11.5 Å². The van der Waals surface area contributed by atoms with Crippen LogP contribution in [0.1, 0.15) is 18.4 Å². The SMILES string of the molecule is CN=C(C(C#N)C#N)C1(CCCN(CCOC)Cc2ccc(F)cc2)C=CC=N1. The number of nitrogens with zero attached hydrogens (tertiary/aromatic N) is 5. The molecule has 0 fully saturated rings. The molecule has 1 atom stereocenters. The summed E-state index contributed by atoms with van der Waals surface area (Å²) in [5, 5.41) is 18.6. The molecule has 6 nitrogen and oxygen atoms in total. The maximum absolute atomic E-state index is 13.2. The Bertz CT molecular complexity index is 806. The van der Waals surface area contributed by atoms with Gasteiger partial charge in [0.15, 0.2) is 5.92 Å². The lowest BCUT2D eigenvalue weighted by Gasteiger charge is -2.28. The molecule has 0 saturated carbocycles. The number of benzene rings is 1. The van der Waals surface area contributed by atoms with Gasteiger partial charge in [-0.3, -0.25) is 14.9 Å². The predicted molar refractivity (Wildman–Crippen MR) is 111 cm³/mol. The molecule has 0 spiro atoms.